The third kappa shape index (κ3) is 6.82. The van der Waals surface area contributed by atoms with Crippen LogP contribution in [0.3, 0.4) is 0 Å². The molecule has 0 fully saturated rings. The maximum absolute atomic E-state index is 9.61. The van der Waals surface area contributed by atoms with Gasteiger partial charge >= 0.3 is 0 Å². The number of phenolic OH excluding ortho intramolecular Hbond substituents is 2. The van der Waals surface area contributed by atoms with Gasteiger partial charge < -0.3 is 30.3 Å². The summed E-state index contributed by atoms with van der Waals surface area (Å²) >= 11 is 0. The van der Waals surface area contributed by atoms with Gasteiger partial charge in [-0.3, -0.25) is 0 Å². The van der Waals surface area contributed by atoms with Crippen LogP contribution in [0.15, 0.2) is 122 Å². The van der Waals surface area contributed by atoms with E-state index in [-0.39, 0.29) is 11.5 Å². The standard InChI is InChI=1S/C29H26N2O4/c1-20(34-27-10-5-8-25(32)18-27)30-24-15-13-22(14-16-24)17-23-7-3-4-12-29(23)31-21(2)35-28-11-6-9-26(33)19-28/h3-16,18-19,30-33H,1-2,17H2. The minimum atomic E-state index is 0.128. The lowest BCUT2D eigenvalue weighted by Gasteiger charge is -2.15. The van der Waals surface area contributed by atoms with E-state index < -0.39 is 0 Å². The van der Waals surface area contributed by atoms with Gasteiger partial charge in [-0.2, -0.15) is 0 Å². The molecule has 4 rings (SSSR count). The lowest BCUT2D eigenvalue weighted by atomic mass is 10.0. The van der Waals surface area contributed by atoms with E-state index in [0.29, 0.717) is 29.7 Å². The zero-order valence-electron chi connectivity index (χ0n) is 19.1. The number of para-hydroxylation sites is 1. The van der Waals surface area contributed by atoms with Gasteiger partial charge in [0.25, 0.3) is 0 Å². The molecule has 0 saturated carbocycles. The minimum Gasteiger partial charge on any atom is -0.508 e. The number of hydrogen-bond acceptors (Lipinski definition) is 6. The second kappa shape index (κ2) is 10.9. The van der Waals surface area contributed by atoms with Crippen molar-refractivity contribution in [2.45, 2.75) is 6.42 Å². The number of aromatic hydroxyl groups is 2. The molecule has 0 aromatic heterocycles. The molecule has 6 heteroatoms. The van der Waals surface area contributed by atoms with Crippen molar-refractivity contribution in [3.8, 4) is 23.0 Å². The first-order valence-electron chi connectivity index (χ1n) is 11.0. The van der Waals surface area contributed by atoms with E-state index in [1.807, 2.05) is 48.5 Å². The topological polar surface area (TPSA) is 83.0 Å². The van der Waals surface area contributed by atoms with Crippen molar-refractivity contribution in [3.05, 3.63) is 133 Å². The second-order valence-electron chi connectivity index (χ2n) is 7.83. The molecule has 0 aliphatic carbocycles. The highest BCUT2D eigenvalue weighted by Gasteiger charge is 2.07. The highest BCUT2D eigenvalue weighted by Crippen LogP contribution is 2.25. The first kappa shape index (κ1) is 23.3. The molecule has 0 atom stereocenters. The summed E-state index contributed by atoms with van der Waals surface area (Å²) in [4.78, 5) is 0. The molecule has 35 heavy (non-hydrogen) atoms. The fourth-order valence-electron chi connectivity index (χ4n) is 3.46. The molecule has 0 aliphatic heterocycles. The third-order valence-electron chi connectivity index (χ3n) is 5.04. The quantitative estimate of drug-likeness (QED) is 0.197. The number of nitrogens with one attached hydrogen (secondary N) is 2. The average molecular weight is 467 g/mol. The highest BCUT2D eigenvalue weighted by molar-refractivity contribution is 5.56. The predicted octanol–water partition coefficient (Wildman–Crippen LogP) is 6.61. The van der Waals surface area contributed by atoms with Gasteiger partial charge in [-0.1, -0.05) is 42.5 Å². The molecule has 4 N–H and O–H groups in total. The number of phenols is 2. The van der Waals surface area contributed by atoms with Gasteiger partial charge in [-0.05, 0) is 73.2 Å². The number of ether oxygens (including phenoxy) is 2. The van der Waals surface area contributed by atoms with E-state index in [0.717, 1.165) is 22.5 Å². The van der Waals surface area contributed by atoms with E-state index in [1.165, 1.54) is 12.1 Å². The van der Waals surface area contributed by atoms with Crippen molar-refractivity contribution in [2.24, 2.45) is 0 Å². The number of rotatable bonds is 10. The van der Waals surface area contributed by atoms with Gasteiger partial charge in [0.05, 0.1) is 0 Å². The monoisotopic (exact) mass is 466 g/mol. The van der Waals surface area contributed by atoms with Crippen LogP contribution in [0, 0.1) is 0 Å². The number of benzene rings is 4. The van der Waals surface area contributed by atoms with Crippen molar-refractivity contribution < 1.29 is 19.7 Å². The summed E-state index contributed by atoms with van der Waals surface area (Å²) in [5, 5.41) is 25.5. The molecular formula is C29H26N2O4. The van der Waals surface area contributed by atoms with Crippen molar-refractivity contribution >= 4 is 11.4 Å². The molecular weight excluding hydrogens is 440 g/mol. The predicted molar refractivity (Wildman–Crippen MR) is 139 cm³/mol. The largest absolute Gasteiger partial charge is 0.508 e. The molecule has 0 bridgehead atoms. The van der Waals surface area contributed by atoms with E-state index in [1.54, 1.807) is 36.4 Å². The molecule has 176 valence electrons. The average Bonchev–Trinajstić information content (AvgIpc) is 2.81. The Kier molecular flexibility index (Phi) is 7.23. The second-order valence-corrected chi connectivity index (χ2v) is 7.83. The van der Waals surface area contributed by atoms with Crippen molar-refractivity contribution in [1.29, 1.82) is 0 Å². The zero-order chi connectivity index (χ0) is 24.6. The van der Waals surface area contributed by atoms with Crippen LogP contribution in [-0.4, -0.2) is 10.2 Å². The summed E-state index contributed by atoms with van der Waals surface area (Å²) in [7, 11) is 0. The molecule has 0 aliphatic rings. The normalized spacial score (nSPS) is 10.3. The molecule has 4 aromatic carbocycles. The maximum atomic E-state index is 9.61. The Morgan fingerprint density at radius 3 is 1.83 bits per heavy atom. The minimum absolute atomic E-state index is 0.128. The Hall–Kier alpha value is -4.84. The van der Waals surface area contributed by atoms with Crippen LogP contribution in [0.2, 0.25) is 0 Å². The van der Waals surface area contributed by atoms with Crippen LogP contribution in [0.1, 0.15) is 11.1 Å². The zero-order valence-corrected chi connectivity index (χ0v) is 19.1. The summed E-state index contributed by atoms with van der Waals surface area (Å²) < 4.78 is 11.3. The van der Waals surface area contributed by atoms with E-state index in [4.69, 9.17) is 9.47 Å². The molecule has 0 unspecified atom stereocenters. The van der Waals surface area contributed by atoms with Crippen molar-refractivity contribution in [3.63, 3.8) is 0 Å². The lowest BCUT2D eigenvalue weighted by molar-refractivity contribution is 0.424. The smallest absolute Gasteiger partial charge is 0.190 e. The Balaban J connectivity index is 1.36. The highest BCUT2D eigenvalue weighted by atomic mass is 16.5. The van der Waals surface area contributed by atoms with Crippen LogP contribution in [-0.2, 0) is 6.42 Å². The van der Waals surface area contributed by atoms with E-state index >= 15 is 0 Å². The maximum Gasteiger partial charge on any atom is 0.190 e. The van der Waals surface area contributed by atoms with Crippen LogP contribution in [0.4, 0.5) is 11.4 Å². The Morgan fingerprint density at radius 2 is 1.23 bits per heavy atom. The van der Waals surface area contributed by atoms with Gasteiger partial charge in [0, 0.05) is 23.5 Å². The first-order chi connectivity index (χ1) is 16.9. The van der Waals surface area contributed by atoms with Crippen molar-refractivity contribution in [2.75, 3.05) is 10.6 Å². The summed E-state index contributed by atoms with van der Waals surface area (Å²) in [6, 6.07) is 29.0. The van der Waals surface area contributed by atoms with Crippen LogP contribution < -0.4 is 20.1 Å². The molecule has 0 saturated heterocycles. The molecule has 0 amide bonds. The van der Waals surface area contributed by atoms with Crippen molar-refractivity contribution in [1.82, 2.24) is 0 Å². The van der Waals surface area contributed by atoms with Gasteiger partial charge in [0.1, 0.15) is 23.0 Å². The van der Waals surface area contributed by atoms with Gasteiger partial charge in [0.2, 0.25) is 0 Å². The first-order valence-corrected chi connectivity index (χ1v) is 11.0. The van der Waals surface area contributed by atoms with Gasteiger partial charge in [0.15, 0.2) is 11.8 Å². The molecule has 6 nitrogen and oxygen atoms in total. The van der Waals surface area contributed by atoms with Crippen LogP contribution in [0.5, 0.6) is 23.0 Å². The van der Waals surface area contributed by atoms with Gasteiger partial charge in [-0.25, -0.2) is 0 Å². The van der Waals surface area contributed by atoms with Gasteiger partial charge in [-0.15, -0.1) is 0 Å². The fourth-order valence-corrected chi connectivity index (χ4v) is 3.46. The molecule has 0 radical (unpaired) electrons. The summed E-state index contributed by atoms with van der Waals surface area (Å²) in [5.74, 6) is 1.96. The van der Waals surface area contributed by atoms with Crippen LogP contribution >= 0.6 is 0 Å². The fraction of sp³-hybridized carbons (Fsp3) is 0.0345. The number of hydrogen-bond donors (Lipinski definition) is 4. The van der Waals surface area contributed by atoms with Crippen LogP contribution in [0.25, 0.3) is 0 Å². The Bertz CT molecular complexity index is 1330. The molecule has 0 spiro atoms. The Labute approximate surface area is 204 Å². The summed E-state index contributed by atoms with van der Waals surface area (Å²) in [5.41, 5.74) is 3.90. The summed E-state index contributed by atoms with van der Waals surface area (Å²) in [6.45, 7) is 7.82. The van der Waals surface area contributed by atoms with E-state index in [9.17, 15) is 10.2 Å². The SMILES string of the molecule is C=C(Nc1ccc(Cc2ccccc2NC(=C)Oc2cccc(O)c2)cc1)Oc1cccc(O)c1. The summed E-state index contributed by atoms with van der Waals surface area (Å²) in [6.07, 6.45) is 0.698. The molecule has 0 heterocycles. The third-order valence-corrected chi connectivity index (χ3v) is 5.04. The Morgan fingerprint density at radius 1 is 0.657 bits per heavy atom. The number of anilines is 2. The molecule has 4 aromatic rings. The van der Waals surface area contributed by atoms with E-state index in [2.05, 4.69) is 23.8 Å². The lowest BCUT2D eigenvalue weighted by Crippen LogP contribution is -2.07.